The predicted octanol–water partition coefficient (Wildman–Crippen LogP) is 3.70. The number of thiazole rings is 1. The lowest BCUT2D eigenvalue weighted by atomic mass is 10.1. The quantitative estimate of drug-likeness (QED) is 0.809. The van der Waals surface area contributed by atoms with Gasteiger partial charge in [-0.15, -0.1) is 11.3 Å². The van der Waals surface area contributed by atoms with Gasteiger partial charge in [-0.2, -0.15) is 0 Å². The van der Waals surface area contributed by atoms with E-state index in [4.69, 9.17) is 0 Å². The molecule has 0 amide bonds. The summed E-state index contributed by atoms with van der Waals surface area (Å²) in [5.41, 5.74) is 2.34. The van der Waals surface area contributed by atoms with Gasteiger partial charge in [0.2, 0.25) is 0 Å². The van der Waals surface area contributed by atoms with Crippen LogP contribution < -0.4 is 4.90 Å². The van der Waals surface area contributed by atoms with Crippen molar-refractivity contribution in [2.24, 2.45) is 0 Å². The summed E-state index contributed by atoms with van der Waals surface area (Å²) in [6.45, 7) is 6.08. The third-order valence-electron chi connectivity index (χ3n) is 3.40. The fourth-order valence-electron chi connectivity index (χ4n) is 2.38. The molecule has 0 radical (unpaired) electrons. The van der Waals surface area contributed by atoms with Crippen LogP contribution in [0.4, 0.5) is 5.13 Å². The van der Waals surface area contributed by atoms with Crippen molar-refractivity contribution in [1.29, 1.82) is 0 Å². The number of nitrogens with zero attached hydrogens (tertiary/aromatic N) is 2. The highest BCUT2D eigenvalue weighted by molar-refractivity contribution is 7.17. The minimum absolute atomic E-state index is 0.298. The van der Waals surface area contributed by atoms with E-state index in [1.54, 1.807) is 0 Å². The summed E-state index contributed by atoms with van der Waals surface area (Å²) in [5, 5.41) is 3.15. The van der Waals surface area contributed by atoms with Crippen LogP contribution in [-0.2, 0) is 13.0 Å². The van der Waals surface area contributed by atoms with E-state index in [0.29, 0.717) is 5.92 Å². The fourth-order valence-corrected chi connectivity index (χ4v) is 4.33. The summed E-state index contributed by atoms with van der Waals surface area (Å²) in [4.78, 5) is 20.4. The number of hydrogen-bond donors (Lipinski definition) is 0. The molecule has 2 aromatic rings. The first-order valence-corrected chi connectivity index (χ1v) is 8.14. The van der Waals surface area contributed by atoms with E-state index in [9.17, 15) is 4.79 Å². The Morgan fingerprint density at radius 2 is 2.32 bits per heavy atom. The number of aromatic nitrogens is 1. The molecule has 0 N–H and O–H groups in total. The van der Waals surface area contributed by atoms with Crippen LogP contribution in [-0.4, -0.2) is 17.8 Å². The highest BCUT2D eigenvalue weighted by Gasteiger charge is 2.22. The Morgan fingerprint density at radius 3 is 3.00 bits per heavy atom. The largest absolute Gasteiger partial charge is 0.343 e. The van der Waals surface area contributed by atoms with Gasteiger partial charge in [0, 0.05) is 18.0 Å². The number of fused-ring (bicyclic) bond motifs is 1. The molecule has 0 fully saturated rings. The van der Waals surface area contributed by atoms with E-state index in [-0.39, 0.29) is 0 Å². The van der Waals surface area contributed by atoms with Crippen molar-refractivity contribution in [2.45, 2.75) is 32.7 Å². The first kappa shape index (κ1) is 12.8. The number of aldehydes is 1. The molecule has 0 aromatic carbocycles. The van der Waals surface area contributed by atoms with Crippen molar-refractivity contribution < 1.29 is 4.79 Å². The van der Waals surface area contributed by atoms with Crippen LogP contribution in [0.5, 0.6) is 0 Å². The lowest BCUT2D eigenvalue weighted by molar-refractivity contribution is 0.112. The van der Waals surface area contributed by atoms with Gasteiger partial charge < -0.3 is 4.90 Å². The van der Waals surface area contributed by atoms with Crippen LogP contribution in [0.15, 0.2) is 11.4 Å². The van der Waals surface area contributed by atoms with Gasteiger partial charge in [0.05, 0.1) is 10.6 Å². The van der Waals surface area contributed by atoms with Crippen LogP contribution >= 0.6 is 22.7 Å². The van der Waals surface area contributed by atoms with Crippen molar-refractivity contribution in [1.82, 2.24) is 4.98 Å². The van der Waals surface area contributed by atoms with Crippen LogP contribution in [0.1, 0.15) is 45.6 Å². The van der Waals surface area contributed by atoms with Gasteiger partial charge >= 0.3 is 0 Å². The predicted molar refractivity (Wildman–Crippen MR) is 80.7 cm³/mol. The van der Waals surface area contributed by atoms with Crippen LogP contribution in [0.3, 0.4) is 0 Å². The molecule has 0 saturated carbocycles. The summed E-state index contributed by atoms with van der Waals surface area (Å²) in [6, 6.07) is 2.20. The zero-order valence-electron chi connectivity index (χ0n) is 11.0. The van der Waals surface area contributed by atoms with E-state index in [1.165, 1.54) is 21.8 Å². The van der Waals surface area contributed by atoms with E-state index >= 15 is 0 Å². The van der Waals surface area contributed by atoms with Gasteiger partial charge in [-0.05, 0) is 29.3 Å². The number of thiophene rings is 1. The Morgan fingerprint density at radius 1 is 1.47 bits per heavy atom. The molecule has 1 aliphatic rings. The molecule has 100 valence electrons. The van der Waals surface area contributed by atoms with Crippen molar-refractivity contribution in [3.05, 3.63) is 32.5 Å². The average molecular weight is 292 g/mol. The Hall–Kier alpha value is -1.20. The Labute approximate surface area is 120 Å². The third kappa shape index (κ3) is 2.32. The van der Waals surface area contributed by atoms with Gasteiger partial charge in [0.15, 0.2) is 11.4 Å². The average Bonchev–Trinajstić information content (AvgIpc) is 3.04. The van der Waals surface area contributed by atoms with Crippen molar-refractivity contribution in [2.75, 3.05) is 11.4 Å². The number of hydrogen-bond acceptors (Lipinski definition) is 5. The molecule has 5 heteroatoms. The van der Waals surface area contributed by atoms with E-state index in [2.05, 4.69) is 35.2 Å². The standard InChI is InChI=1S/C14H16N2OS2/c1-9(2)13-12(8-17)19-14(15-13)16-5-3-11-10(7-16)4-6-18-11/h4,6,8-9H,3,5,7H2,1-2H3. The second-order valence-electron chi connectivity index (χ2n) is 5.06. The molecule has 0 aliphatic carbocycles. The molecule has 19 heavy (non-hydrogen) atoms. The molecule has 3 nitrogen and oxygen atoms in total. The number of rotatable bonds is 3. The summed E-state index contributed by atoms with van der Waals surface area (Å²) >= 11 is 3.36. The smallest absolute Gasteiger partial charge is 0.186 e. The summed E-state index contributed by atoms with van der Waals surface area (Å²) in [6.07, 6.45) is 2.02. The summed E-state index contributed by atoms with van der Waals surface area (Å²) in [5.74, 6) is 0.298. The SMILES string of the molecule is CC(C)c1nc(N2CCc3sccc3C2)sc1C=O. The van der Waals surface area contributed by atoms with Gasteiger partial charge in [-0.3, -0.25) is 4.79 Å². The zero-order valence-corrected chi connectivity index (χ0v) is 12.7. The molecule has 3 heterocycles. The molecule has 1 aliphatic heterocycles. The van der Waals surface area contributed by atoms with Crippen LogP contribution in [0.25, 0.3) is 0 Å². The first-order valence-electron chi connectivity index (χ1n) is 6.45. The zero-order chi connectivity index (χ0) is 13.4. The van der Waals surface area contributed by atoms with E-state index < -0.39 is 0 Å². The van der Waals surface area contributed by atoms with Gasteiger partial charge in [-0.1, -0.05) is 25.2 Å². The van der Waals surface area contributed by atoms with Crippen LogP contribution in [0, 0.1) is 0 Å². The maximum atomic E-state index is 11.1. The Balaban J connectivity index is 1.89. The lowest BCUT2D eigenvalue weighted by Gasteiger charge is -2.26. The Kier molecular flexibility index (Phi) is 3.41. The monoisotopic (exact) mass is 292 g/mol. The van der Waals surface area contributed by atoms with Crippen molar-refractivity contribution in [3.8, 4) is 0 Å². The maximum absolute atomic E-state index is 11.1. The minimum atomic E-state index is 0.298. The molecule has 0 bridgehead atoms. The van der Waals surface area contributed by atoms with Crippen LogP contribution in [0.2, 0.25) is 0 Å². The summed E-state index contributed by atoms with van der Waals surface area (Å²) in [7, 11) is 0. The van der Waals surface area contributed by atoms with E-state index in [0.717, 1.165) is 41.5 Å². The highest BCUT2D eigenvalue weighted by Crippen LogP contribution is 2.33. The topological polar surface area (TPSA) is 33.2 Å². The molecule has 3 rings (SSSR count). The van der Waals surface area contributed by atoms with Gasteiger partial charge in [-0.25, -0.2) is 4.98 Å². The van der Waals surface area contributed by atoms with Gasteiger partial charge in [0.1, 0.15) is 0 Å². The maximum Gasteiger partial charge on any atom is 0.186 e. The fraction of sp³-hybridized carbons (Fsp3) is 0.429. The Bertz CT molecular complexity index is 600. The lowest BCUT2D eigenvalue weighted by Crippen LogP contribution is -2.29. The van der Waals surface area contributed by atoms with Crippen molar-refractivity contribution >= 4 is 34.1 Å². The molecular formula is C14H16N2OS2. The number of anilines is 1. The molecule has 2 aromatic heterocycles. The normalized spacial score (nSPS) is 14.8. The number of carbonyl (C=O) groups is 1. The second kappa shape index (κ2) is 5.06. The highest BCUT2D eigenvalue weighted by atomic mass is 32.1. The minimum Gasteiger partial charge on any atom is -0.343 e. The molecule has 0 saturated heterocycles. The van der Waals surface area contributed by atoms with Crippen molar-refractivity contribution in [3.63, 3.8) is 0 Å². The number of carbonyl (C=O) groups excluding carboxylic acids is 1. The summed E-state index contributed by atoms with van der Waals surface area (Å²) < 4.78 is 0. The molecule has 0 unspecified atom stereocenters. The molecule has 0 atom stereocenters. The molecule has 0 spiro atoms. The van der Waals surface area contributed by atoms with E-state index in [1.807, 2.05) is 11.3 Å². The third-order valence-corrected chi connectivity index (χ3v) is 5.48. The first-order chi connectivity index (χ1) is 9.19. The molecular weight excluding hydrogens is 276 g/mol. The second-order valence-corrected chi connectivity index (χ2v) is 7.07. The van der Waals surface area contributed by atoms with Gasteiger partial charge in [0.25, 0.3) is 0 Å².